The van der Waals surface area contributed by atoms with Crippen LogP contribution in [0.4, 0.5) is 0 Å². The lowest BCUT2D eigenvalue weighted by molar-refractivity contribution is -0.123. The molecule has 1 N–H and O–H groups in total. The third-order valence-corrected chi connectivity index (χ3v) is 5.26. The molecule has 2 atom stereocenters. The minimum atomic E-state index is -0.247. The number of amides is 1. The largest absolute Gasteiger partial charge is 0.353 e. The van der Waals surface area contributed by atoms with E-state index in [9.17, 15) is 4.79 Å². The molecule has 1 amide bonds. The van der Waals surface area contributed by atoms with Crippen molar-refractivity contribution in [3.63, 3.8) is 0 Å². The Morgan fingerprint density at radius 3 is 1.96 bits per heavy atom. The maximum absolute atomic E-state index is 13.2. The minimum absolute atomic E-state index is 0.118. The first-order valence-corrected chi connectivity index (χ1v) is 9.35. The maximum Gasteiger partial charge on any atom is 0.232 e. The monoisotopic (exact) mass is 335 g/mol. The molecule has 0 bridgehead atoms. The van der Waals surface area contributed by atoms with Crippen LogP contribution in [0.3, 0.4) is 0 Å². The van der Waals surface area contributed by atoms with Crippen molar-refractivity contribution in [1.82, 2.24) is 5.32 Å². The average Bonchev–Trinajstić information content (AvgIpc) is 2.55. The number of carbonyl (C=O) groups excluding carboxylic acids is 1. The molecular formula is C23H29NO. The first-order valence-electron chi connectivity index (χ1n) is 9.35. The third-order valence-electron chi connectivity index (χ3n) is 5.26. The van der Waals surface area contributed by atoms with Gasteiger partial charge in [-0.25, -0.2) is 0 Å². The Morgan fingerprint density at radius 2 is 1.48 bits per heavy atom. The summed E-state index contributed by atoms with van der Waals surface area (Å²) in [5.74, 6) is 0.524. The van der Waals surface area contributed by atoms with E-state index in [-0.39, 0.29) is 17.9 Å². The van der Waals surface area contributed by atoms with Crippen LogP contribution >= 0.6 is 0 Å². The van der Waals surface area contributed by atoms with E-state index in [0.29, 0.717) is 11.3 Å². The molecular weight excluding hydrogens is 306 g/mol. The summed E-state index contributed by atoms with van der Waals surface area (Å²) in [6.45, 7) is 6.92. The fourth-order valence-electron chi connectivity index (χ4n) is 4.53. The summed E-state index contributed by atoms with van der Waals surface area (Å²) in [5, 5.41) is 3.36. The summed E-state index contributed by atoms with van der Waals surface area (Å²) in [6, 6.07) is 20.5. The van der Waals surface area contributed by atoms with Crippen LogP contribution < -0.4 is 5.32 Å². The molecule has 2 heteroatoms. The van der Waals surface area contributed by atoms with E-state index in [2.05, 4.69) is 26.1 Å². The van der Waals surface area contributed by atoms with E-state index >= 15 is 0 Å². The molecule has 2 aromatic carbocycles. The molecule has 3 rings (SSSR count). The third kappa shape index (κ3) is 4.50. The smallest absolute Gasteiger partial charge is 0.232 e. The molecule has 132 valence electrons. The normalized spacial score (nSPS) is 22.6. The molecule has 2 aromatic rings. The molecule has 0 spiro atoms. The zero-order valence-corrected chi connectivity index (χ0v) is 15.5. The molecule has 0 aliphatic heterocycles. The number of carbonyl (C=O) groups is 1. The molecule has 1 aliphatic carbocycles. The Labute approximate surface area is 151 Å². The van der Waals surface area contributed by atoms with Gasteiger partial charge >= 0.3 is 0 Å². The summed E-state index contributed by atoms with van der Waals surface area (Å²) in [4.78, 5) is 13.2. The summed E-state index contributed by atoms with van der Waals surface area (Å²) in [5.41, 5.74) is 2.40. The summed E-state index contributed by atoms with van der Waals surface area (Å²) in [6.07, 6.45) is 3.37. The topological polar surface area (TPSA) is 29.1 Å². The zero-order chi connectivity index (χ0) is 17.9. The van der Waals surface area contributed by atoms with Gasteiger partial charge in [-0.15, -0.1) is 0 Å². The van der Waals surface area contributed by atoms with Crippen LogP contribution in [0.25, 0.3) is 0 Å². The first-order chi connectivity index (χ1) is 11.9. The van der Waals surface area contributed by atoms with Crippen LogP contribution in [0, 0.1) is 11.3 Å². The van der Waals surface area contributed by atoms with Gasteiger partial charge in [0.25, 0.3) is 0 Å². The Balaban J connectivity index is 1.83. The molecule has 0 heterocycles. The second-order valence-corrected chi connectivity index (χ2v) is 8.37. The molecule has 1 aliphatic rings. The van der Waals surface area contributed by atoms with Crippen molar-refractivity contribution >= 4 is 5.91 Å². The fraction of sp³-hybridized carbons (Fsp3) is 0.435. The number of benzene rings is 2. The molecule has 2 nitrogen and oxygen atoms in total. The predicted molar refractivity (Wildman–Crippen MR) is 103 cm³/mol. The van der Waals surface area contributed by atoms with Crippen molar-refractivity contribution in [2.45, 2.75) is 52.0 Å². The van der Waals surface area contributed by atoms with E-state index in [1.54, 1.807) is 0 Å². The quantitative estimate of drug-likeness (QED) is 0.822. The van der Waals surface area contributed by atoms with Gasteiger partial charge in [-0.05, 0) is 41.7 Å². The molecule has 1 saturated carbocycles. The van der Waals surface area contributed by atoms with Crippen molar-refractivity contribution in [3.05, 3.63) is 71.8 Å². The van der Waals surface area contributed by atoms with Gasteiger partial charge in [0.05, 0.1) is 5.92 Å². The zero-order valence-electron chi connectivity index (χ0n) is 15.5. The molecule has 25 heavy (non-hydrogen) atoms. The second kappa shape index (κ2) is 7.43. The SMILES string of the molecule is C[C@H]1C[C@H](NC(=O)C(c2ccccc2)c2ccccc2)CC(C)(C)C1. The Kier molecular flexibility index (Phi) is 5.27. The molecule has 0 radical (unpaired) electrons. The summed E-state index contributed by atoms with van der Waals surface area (Å²) in [7, 11) is 0. The lowest BCUT2D eigenvalue weighted by atomic mass is 9.70. The van der Waals surface area contributed by atoms with Crippen molar-refractivity contribution < 1.29 is 4.79 Å². The number of nitrogens with one attached hydrogen (secondary N) is 1. The number of hydrogen-bond acceptors (Lipinski definition) is 1. The minimum Gasteiger partial charge on any atom is -0.353 e. The van der Waals surface area contributed by atoms with Gasteiger partial charge < -0.3 is 5.32 Å². The van der Waals surface area contributed by atoms with Crippen molar-refractivity contribution in [2.75, 3.05) is 0 Å². The van der Waals surface area contributed by atoms with Crippen molar-refractivity contribution in [1.29, 1.82) is 0 Å². The van der Waals surface area contributed by atoms with Crippen LogP contribution in [0.1, 0.15) is 57.1 Å². The van der Waals surface area contributed by atoms with Gasteiger partial charge in [-0.2, -0.15) is 0 Å². The summed E-state index contributed by atoms with van der Waals surface area (Å²) < 4.78 is 0. The van der Waals surface area contributed by atoms with Crippen molar-refractivity contribution in [3.8, 4) is 0 Å². The average molecular weight is 335 g/mol. The highest BCUT2D eigenvalue weighted by molar-refractivity contribution is 5.87. The standard InChI is InChI=1S/C23H29NO/c1-17-14-20(16-23(2,3)15-17)24-22(25)21(18-10-6-4-7-11-18)19-12-8-5-9-13-19/h4-13,17,20-21H,14-16H2,1-3H3,(H,24,25)/t17-,20-/m0/s1. The Hall–Kier alpha value is -2.09. The molecule has 1 fully saturated rings. The lowest BCUT2D eigenvalue weighted by Gasteiger charge is -2.39. The van der Waals surface area contributed by atoms with Crippen LogP contribution in [-0.4, -0.2) is 11.9 Å². The van der Waals surface area contributed by atoms with E-state index in [0.717, 1.165) is 24.0 Å². The van der Waals surface area contributed by atoms with Crippen LogP contribution in [-0.2, 0) is 4.79 Å². The molecule has 0 aromatic heterocycles. The number of rotatable bonds is 4. The van der Waals surface area contributed by atoms with E-state index in [1.165, 1.54) is 6.42 Å². The van der Waals surface area contributed by atoms with E-state index < -0.39 is 0 Å². The Morgan fingerprint density at radius 1 is 0.960 bits per heavy atom. The van der Waals surface area contributed by atoms with E-state index in [4.69, 9.17) is 0 Å². The van der Waals surface area contributed by atoms with Crippen LogP contribution in [0.2, 0.25) is 0 Å². The van der Waals surface area contributed by atoms with Crippen LogP contribution in [0.5, 0.6) is 0 Å². The number of hydrogen-bond donors (Lipinski definition) is 1. The van der Waals surface area contributed by atoms with Gasteiger partial charge in [-0.3, -0.25) is 4.79 Å². The molecule has 0 unspecified atom stereocenters. The van der Waals surface area contributed by atoms with Gasteiger partial charge in [0.2, 0.25) is 5.91 Å². The highest BCUT2D eigenvalue weighted by Crippen LogP contribution is 2.38. The second-order valence-electron chi connectivity index (χ2n) is 8.37. The highest BCUT2D eigenvalue weighted by Gasteiger charge is 2.34. The first kappa shape index (κ1) is 17.7. The maximum atomic E-state index is 13.2. The van der Waals surface area contributed by atoms with Crippen LogP contribution in [0.15, 0.2) is 60.7 Å². The predicted octanol–water partition coefficient (Wildman–Crippen LogP) is 5.15. The van der Waals surface area contributed by atoms with Gasteiger partial charge in [-0.1, -0.05) is 81.4 Å². The lowest BCUT2D eigenvalue weighted by Crippen LogP contribution is -2.44. The van der Waals surface area contributed by atoms with Crippen molar-refractivity contribution in [2.24, 2.45) is 11.3 Å². The highest BCUT2D eigenvalue weighted by atomic mass is 16.1. The van der Waals surface area contributed by atoms with Gasteiger partial charge in [0, 0.05) is 6.04 Å². The van der Waals surface area contributed by atoms with Gasteiger partial charge in [0.1, 0.15) is 0 Å². The fourth-order valence-corrected chi connectivity index (χ4v) is 4.53. The summed E-state index contributed by atoms with van der Waals surface area (Å²) >= 11 is 0. The molecule has 0 saturated heterocycles. The van der Waals surface area contributed by atoms with E-state index in [1.807, 2.05) is 60.7 Å². The Bertz CT molecular complexity index is 653. The van der Waals surface area contributed by atoms with Gasteiger partial charge in [0.15, 0.2) is 0 Å².